The predicted octanol–water partition coefficient (Wildman–Crippen LogP) is 1.33. The Labute approximate surface area is 139 Å². The summed E-state index contributed by atoms with van der Waals surface area (Å²) in [5, 5.41) is 0. The van der Waals surface area contributed by atoms with Gasteiger partial charge in [-0.3, -0.25) is 0 Å². The van der Waals surface area contributed by atoms with Gasteiger partial charge in [0, 0.05) is 26.2 Å². The fourth-order valence-corrected chi connectivity index (χ4v) is 5.47. The van der Waals surface area contributed by atoms with Gasteiger partial charge in [-0.1, -0.05) is 27.7 Å². The van der Waals surface area contributed by atoms with Crippen molar-refractivity contribution in [3.63, 3.8) is 0 Å². The van der Waals surface area contributed by atoms with E-state index in [1.54, 1.807) is 27.7 Å². The van der Waals surface area contributed by atoms with Gasteiger partial charge in [-0.15, -0.1) is 0 Å². The number of sulfonamides is 2. The molecule has 0 fully saturated rings. The molecule has 0 saturated heterocycles. The van der Waals surface area contributed by atoms with Crippen LogP contribution in [0.1, 0.15) is 27.7 Å². The fraction of sp³-hybridized carbons (Fsp3) is 0.571. The summed E-state index contributed by atoms with van der Waals surface area (Å²) in [6.07, 6.45) is 0. The Morgan fingerprint density at radius 1 is 0.826 bits per heavy atom. The molecule has 0 aliphatic carbocycles. The summed E-state index contributed by atoms with van der Waals surface area (Å²) in [5.41, 5.74) is 5.83. The van der Waals surface area contributed by atoms with Gasteiger partial charge in [-0.2, -0.15) is 8.61 Å². The number of nitrogens with two attached hydrogens (primary N) is 1. The van der Waals surface area contributed by atoms with Gasteiger partial charge >= 0.3 is 0 Å². The minimum Gasteiger partial charge on any atom is -0.398 e. The molecule has 0 aliphatic rings. The molecule has 1 rings (SSSR count). The molecule has 0 radical (unpaired) electrons. The van der Waals surface area contributed by atoms with Gasteiger partial charge in [0.25, 0.3) is 0 Å². The zero-order valence-electron chi connectivity index (χ0n) is 14.0. The molecule has 0 amide bonds. The molecule has 23 heavy (non-hydrogen) atoms. The smallest absolute Gasteiger partial charge is 0.245 e. The Kier molecular flexibility index (Phi) is 6.58. The monoisotopic (exact) mass is 363 g/mol. The van der Waals surface area contributed by atoms with Crippen LogP contribution in [0, 0.1) is 0 Å². The molecule has 0 unspecified atom stereocenters. The van der Waals surface area contributed by atoms with Crippen molar-refractivity contribution in [1.82, 2.24) is 8.61 Å². The highest BCUT2D eigenvalue weighted by Gasteiger charge is 2.28. The van der Waals surface area contributed by atoms with E-state index >= 15 is 0 Å². The van der Waals surface area contributed by atoms with Crippen LogP contribution >= 0.6 is 0 Å². The van der Waals surface area contributed by atoms with Crippen molar-refractivity contribution >= 4 is 25.7 Å². The minimum absolute atomic E-state index is 0.0374. The molecule has 0 saturated carbocycles. The standard InChI is InChI=1S/C14H25N3O4S2/c1-5-16(6-2)22(18,19)12-9-10-13(15)14(11-12)23(20,21)17(7-3)8-4/h9-11H,5-8,15H2,1-4H3. The maximum Gasteiger partial charge on any atom is 0.245 e. The second-order valence-electron chi connectivity index (χ2n) is 4.88. The summed E-state index contributed by atoms with van der Waals surface area (Å²) < 4.78 is 52.9. The Balaban J connectivity index is 3.51. The van der Waals surface area contributed by atoms with Crippen molar-refractivity contribution in [2.24, 2.45) is 0 Å². The second-order valence-corrected chi connectivity index (χ2v) is 8.72. The molecular weight excluding hydrogens is 338 g/mol. The van der Waals surface area contributed by atoms with Gasteiger partial charge < -0.3 is 5.73 Å². The van der Waals surface area contributed by atoms with Gasteiger partial charge in [-0.25, -0.2) is 16.8 Å². The van der Waals surface area contributed by atoms with E-state index in [9.17, 15) is 16.8 Å². The van der Waals surface area contributed by atoms with E-state index in [2.05, 4.69) is 0 Å². The van der Waals surface area contributed by atoms with E-state index in [-0.39, 0.29) is 28.6 Å². The third kappa shape index (κ3) is 3.85. The number of hydrogen-bond acceptors (Lipinski definition) is 5. The number of rotatable bonds is 8. The average molecular weight is 364 g/mol. The predicted molar refractivity (Wildman–Crippen MR) is 91.1 cm³/mol. The summed E-state index contributed by atoms with van der Waals surface area (Å²) >= 11 is 0. The Bertz CT molecular complexity index is 737. The first-order valence-electron chi connectivity index (χ1n) is 7.56. The van der Waals surface area contributed by atoms with Crippen LogP contribution in [0.2, 0.25) is 0 Å². The van der Waals surface area contributed by atoms with Crippen LogP contribution in [0.5, 0.6) is 0 Å². The molecule has 0 bridgehead atoms. The van der Waals surface area contributed by atoms with Crippen molar-refractivity contribution in [1.29, 1.82) is 0 Å². The van der Waals surface area contributed by atoms with Gasteiger partial charge in [0.2, 0.25) is 20.0 Å². The highest BCUT2D eigenvalue weighted by molar-refractivity contribution is 7.90. The van der Waals surface area contributed by atoms with Gasteiger partial charge in [0.15, 0.2) is 0 Å². The van der Waals surface area contributed by atoms with Crippen molar-refractivity contribution in [3.8, 4) is 0 Å². The molecule has 7 nitrogen and oxygen atoms in total. The maximum atomic E-state index is 12.6. The molecule has 2 N–H and O–H groups in total. The summed E-state index contributed by atoms with van der Waals surface area (Å²) in [5.74, 6) is 0. The number of anilines is 1. The first kappa shape index (κ1) is 19.9. The van der Waals surface area contributed by atoms with Crippen molar-refractivity contribution < 1.29 is 16.8 Å². The van der Waals surface area contributed by atoms with E-state index < -0.39 is 20.0 Å². The quantitative estimate of drug-likeness (QED) is 0.702. The molecule has 132 valence electrons. The van der Waals surface area contributed by atoms with Gasteiger partial charge in [0.1, 0.15) is 4.90 Å². The molecule has 0 aliphatic heterocycles. The van der Waals surface area contributed by atoms with Crippen molar-refractivity contribution in [3.05, 3.63) is 18.2 Å². The zero-order chi connectivity index (χ0) is 17.8. The van der Waals surface area contributed by atoms with E-state index in [0.717, 1.165) is 6.07 Å². The SMILES string of the molecule is CCN(CC)S(=O)(=O)c1ccc(N)c(S(=O)(=O)N(CC)CC)c1. The number of nitrogens with zero attached hydrogens (tertiary/aromatic N) is 2. The highest BCUT2D eigenvalue weighted by Crippen LogP contribution is 2.27. The maximum absolute atomic E-state index is 12.6. The molecule has 0 spiro atoms. The lowest BCUT2D eigenvalue weighted by Crippen LogP contribution is -2.32. The lowest BCUT2D eigenvalue weighted by Gasteiger charge is -2.22. The summed E-state index contributed by atoms with van der Waals surface area (Å²) in [6.45, 7) is 8.07. The normalized spacial score (nSPS) is 13.0. The number of nitrogen functional groups attached to an aromatic ring is 1. The summed E-state index contributed by atoms with van der Waals surface area (Å²) in [7, 11) is -7.57. The van der Waals surface area contributed by atoms with Crippen LogP contribution in [0.4, 0.5) is 5.69 Å². The fourth-order valence-electron chi connectivity index (χ4n) is 2.31. The van der Waals surface area contributed by atoms with E-state index in [4.69, 9.17) is 5.73 Å². The van der Waals surface area contributed by atoms with E-state index in [0.29, 0.717) is 13.1 Å². The Hall–Kier alpha value is -1.16. The zero-order valence-corrected chi connectivity index (χ0v) is 15.6. The van der Waals surface area contributed by atoms with Crippen molar-refractivity contribution in [2.45, 2.75) is 37.5 Å². The third-order valence-corrected chi connectivity index (χ3v) is 7.80. The van der Waals surface area contributed by atoms with Gasteiger partial charge in [0.05, 0.1) is 10.6 Å². The van der Waals surface area contributed by atoms with Crippen LogP contribution < -0.4 is 5.73 Å². The molecule has 1 aromatic carbocycles. The molecule has 1 aromatic rings. The first-order chi connectivity index (χ1) is 10.7. The Morgan fingerprint density at radius 2 is 1.26 bits per heavy atom. The summed E-state index contributed by atoms with van der Waals surface area (Å²) in [4.78, 5) is -0.240. The van der Waals surface area contributed by atoms with Crippen molar-refractivity contribution in [2.75, 3.05) is 31.9 Å². The summed E-state index contributed by atoms with van der Waals surface area (Å²) in [6, 6.07) is 3.81. The lowest BCUT2D eigenvalue weighted by atomic mass is 10.3. The van der Waals surface area contributed by atoms with Crippen LogP contribution in [-0.2, 0) is 20.0 Å². The third-order valence-electron chi connectivity index (χ3n) is 3.65. The minimum atomic E-state index is -3.83. The van der Waals surface area contributed by atoms with Crippen LogP contribution in [0.15, 0.2) is 28.0 Å². The molecular formula is C14H25N3O4S2. The average Bonchev–Trinajstić information content (AvgIpc) is 2.49. The van der Waals surface area contributed by atoms with E-state index in [1.807, 2.05) is 0 Å². The second kappa shape index (κ2) is 7.61. The van der Waals surface area contributed by atoms with Crippen LogP contribution in [-0.4, -0.2) is 51.6 Å². The van der Waals surface area contributed by atoms with E-state index in [1.165, 1.54) is 20.7 Å². The molecule has 0 aromatic heterocycles. The number of benzene rings is 1. The van der Waals surface area contributed by atoms with Crippen LogP contribution in [0.3, 0.4) is 0 Å². The number of hydrogen-bond donors (Lipinski definition) is 1. The van der Waals surface area contributed by atoms with Crippen LogP contribution in [0.25, 0.3) is 0 Å². The molecule has 9 heteroatoms. The van der Waals surface area contributed by atoms with Gasteiger partial charge in [-0.05, 0) is 18.2 Å². The highest BCUT2D eigenvalue weighted by atomic mass is 32.2. The lowest BCUT2D eigenvalue weighted by molar-refractivity contribution is 0.443. The largest absolute Gasteiger partial charge is 0.398 e. The Morgan fingerprint density at radius 3 is 1.70 bits per heavy atom. The first-order valence-corrected chi connectivity index (χ1v) is 10.4. The topological polar surface area (TPSA) is 101 Å². The molecule has 0 atom stereocenters. The molecule has 0 heterocycles.